The zero-order chi connectivity index (χ0) is 18.2. The highest BCUT2D eigenvalue weighted by atomic mass is 32.2. The molecule has 0 unspecified atom stereocenters. The van der Waals surface area contributed by atoms with Crippen LogP contribution in [0.3, 0.4) is 0 Å². The Morgan fingerprint density at radius 3 is 2.52 bits per heavy atom. The standard InChI is InChI=1S/C17H19FN2O4S/c1-20(2)25(22,23)16-8-7-15(24-16)17(21)19-12-9-11(10-12)13-5-3-4-6-14(13)18/h3-8,11-12H,9-10H2,1-2H3,(H,19,21). The largest absolute Gasteiger partial charge is 0.438 e. The first kappa shape index (κ1) is 17.6. The van der Waals surface area contributed by atoms with E-state index in [0.29, 0.717) is 18.4 Å². The second-order valence-electron chi connectivity index (χ2n) is 6.27. The number of benzene rings is 1. The molecule has 134 valence electrons. The normalized spacial score (nSPS) is 20.3. The van der Waals surface area contributed by atoms with Gasteiger partial charge in [-0.3, -0.25) is 4.79 Å². The minimum absolute atomic E-state index is 0.0604. The average molecular weight is 366 g/mol. The van der Waals surface area contributed by atoms with E-state index in [-0.39, 0.29) is 28.6 Å². The van der Waals surface area contributed by atoms with Gasteiger partial charge in [0.05, 0.1) is 0 Å². The van der Waals surface area contributed by atoms with E-state index in [0.717, 1.165) is 4.31 Å². The lowest BCUT2D eigenvalue weighted by Crippen LogP contribution is -2.43. The second-order valence-corrected chi connectivity index (χ2v) is 8.35. The summed E-state index contributed by atoms with van der Waals surface area (Å²) in [6.45, 7) is 0. The molecule has 1 heterocycles. The summed E-state index contributed by atoms with van der Waals surface area (Å²) >= 11 is 0. The number of carbonyl (C=O) groups excluding carboxylic acids is 1. The lowest BCUT2D eigenvalue weighted by Gasteiger charge is -2.36. The molecule has 3 rings (SSSR count). The Balaban J connectivity index is 1.60. The first-order valence-electron chi connectivity index (χ1n) is 7.86. The van der Waals surface area contributed by atoms with E-state index in [9.17, 15) is 17.6 Å². The van der Waals surface area contributed by atoms with E-state index < -0.39 is 15.9 Å². The molecule has 0 saturated heterocycles. The Morgan fingerprint density at radius 1 is 1.20 bits per heavy atom. The van der Waals surface area contributed by atoms with Gasteiger partial charge in [0.1, 0.15) is 5.82 Å². The summed E-state index contributed by atoms with van der Waals surface area (Å²) in [6, 6.07) is 9.12. The van der Waals surface area contributed by atoms with E-state index in [1.54, 1.807) is 18.2 Å². The minimum Gasteiger partial charge on any atom is -0.438 e. The van der Waals surface area contributed by atoms with Gasteiger partial charge in [-0.1, -0.05) is 18.2 Å². The van der Waals surface area contributed by atoms with Crippen molar-refractivity contribution in [2.24, 2.45) is 0 Å². The maximum absolute atomic E-state index is 13.7. The van der Waals surface area contributed by atoms with Crippen molar-refractivity contribution in [3.05, 3.63) is 53.5 Å². The lowest BCUT2D eigenvalue weighted by atomic mass is 9.75. The highest BCUT2D eigenvalue weighted by Gasteiger charge is 2.33. The summed E-state index contributed by atoms with van der Waals surface area (Å²) in [6.07, 6.45) is 1.27. The molecule has 0 radical (unpaired) electrons. The number of amides is 1. The first-order valence-corrected chi connectivity index (χ1v) is 9.30. The molecule has 0 aliphatic heterocycles. The van der Waals surface area contributed by atoms with Gasteiger partial charge in [-0.25, -0.2) is 17.1 Å². The molecular formula is C17H19FN2O4S. The maximum Gasteiger partial charge on any atom is 0.287 e. The average Bonchev–Trinajstić information content (AvgIpc) is 3.02. The summed E-state index contributed by atoms with van der Waals surface area (Å²) in [5, 5.41) is 2.50. The third kappa shape index (κ3) is 3.45. The number of halogens is 1. The van der Waals surface area contributed by atoms with Crippen LogP contribution in [0.25, 0.3) is 0 Å². The van der Waals surface area contributed by atoms with E-state index in [1.807, 2.05) is 0 Å². The van der Waals surface area contributed by atoms with Crippen molar-refractivity contribution in [1.82, 2.24) is 9.62 Å². The fraction of sp³-hybridized carbons (Fsp3) is 0.353. The third-order valence-corrected chi connectivity index (χ3v) is 6.05. The van der Waals surface area contributed by atoms with Gasteiger partial charge in [-0.2, -0.15) is 0 Å². The van der Waals surface area contributed by atoms with Crippen molar-refractivity contribution in [3.8, 4) is 0 Å². The molecule has 0 bridgehead atoms. The molecule has 0 atom stereocenters. The van der Waals surface area contributed by atoms with Crippen molar-refractivity contribution >= 4 is 15.9 Å². The van der Waals surface area contributed by atoms with Crippen LogP contribution < -0.4 is 5.32 Å². The zero-order valence-electron chi connectivity index (χ0n) is 13.9. The topological polar surface area (TPSA) is 79.6 Å². The second kappa shape index (κ2) is 6.61. The van der Waals surface area contributed by atoms with Crippen LogP contribution in [0.15, 0.2) is 45.9 Å². The zero-order valence-corrected chi connectivity index (χ0v) is 14.7. The SMILES string of the molecule is CN(C)S(=O)(=O)c1ccc(C(=O)NC2CC(c3ccccc3F)C2)o1. The number of furan rings is 1. The molecule has 1 aliphatic rings. The Kier molecular flexibility index (Phi) is 4.66. The van der Waals surface area contributed by atoms with Gasteiger partial charge >= 0.3 is 0 Å². The van der Waals surface area contributed by atoms with Crippen molar-refractivity contribution in [3.63, 3.8) is 0 Å². The third-order valence-electron chi connectivity index (χ3n) is 4.36. The fourth-order valence-electron chi connectivity index (χ4n) is 2.81. The van der Waals surface area contributed by atoms with Gasteiger partial charge in [-0.15, -0.1) is 0 Å². The first-order chi connectivity index (χ1) is 11.8. The van der Waals surface area contributed by atoms with Crippen molar-refractivity contribution in [1.29, 1.82) is 0 Å². The van der Waals surface area contributed by atoms with E-state index >= 15 is 0 Å². The van der Waals surface area contributed by atoms with Gasteiger partial charge in [0.25, 0.3) is 15.9 Å². The summed E-state index contributed by atoms with van der Waals surface area (Å²) in [4.78, 5) is 12.2. The Labute approximate surface area is 145 Å². The highest BCUT2D eigenvalue weighted by Crippen LogP contribution is 2.38. The quantitative estimate of drug-likeness (QED) is 0.881. The molecule has 1 aromatic heterocycles. The molecule has 0 spiro atoms. The van der Waals surface area contributed by atoms with Crippen LogP contribution in [-0.4, -0.2) is 38.8 Å². The van der Waals surface area contributed by atoms with E-state index in [2.05, 4.69) is 5.32 Å². The van der Waals surface area contributed by atoms with Crippen molar-refractivity contribution in [2.45, 2.75) is 29.9 Å². The predicted octanol–water partition coefficient (Wildman–Crippen LogP) is 2.35. The number of carbonyl (C=O) groups is 1. The number of nitrogens with zero attached hydrogens (tertiary/aromatic N) is 1. The maximum atomic E-state index is 13.7. The van der Waals surface area contributed by atoms with Gasteiger partial charge in [-0.05, 0) is 42.5 Å². The van der Waals surface area contributed by atoms with Crippen molar-refractivity contribution < 1.29 is 22.0 Å². The monoisotopic (exact) mass is 366 g/mol. The Bertz CT molecular complexity index is 886. The summed E-state index contributed by atoms with van der Waals surface area (Å²) in [7, 11) is -0.947. The van der Waals surface area contributed by atoms with E-state index in [4.69, 9.17) is 4.42 Å². The van der Waals surface area contributed by atoms with E-state index in [1.165, 1.54) is 32.3 Å². The molecule has 1 aliphatic carbocycles. The Hall–Kier alpha value is -2.19. The van der Waals surface area contributed by atoms with Crippen LogP contribution in [0.5, 0.6) is 0 Å². The van der Waals surface area contributed by atoms with Crippen LogP contribution in [0.4, 0.5) is 4.39 Å². The van der Waals surface area contributed by atoms with Crippen LogP contribution in [0, 0.1) is 5.82 Å². The fourth-order valence-corrected chi connectivity index (χ4v) is 3.61. The molecule has 8 heteroatoms. The number of rotatable bonds is 5. The highest BCUT2D eigenvalue weighted by molar-refractivity contribution is 7.88. The van der Waals surface area contributed by atoms with Crippen LogP contribution in [-0.2, 0) is 10.0 Å². The molecule has 6 nitrogen and oxygen atoms in total. The van der Waals surface area contributed by atoms with Gasteiger partial charge in [0.2, 0.25) is 5.09 Å². The van der Waals surface area contributed by atoms with Gasteiger partial charge in [0, 0.05) is 20.1 Å². The number of sulfonamides is 1. The van der Waals surface area contributed by atoms with Crippen LogP contribution in [0.1, 0.15) is 34.9 Å². The summed E-state index contributed by atoms with van der Waals surface area (Å²) in [5.41, 5.74) is 0.658. The molecule has 1 N–H and O–H groups in total. The molecule has 2 aromatic rings. The molecule has 1 saturated carbocycles. The molecule has 1 amide bonds. The Morgan fingerprint density at radius 2 is 1.88 bits per heavy atom. The van der Waals surface area contributed by atoms with Crippen LogP contribution in [0.2, 0.25) is 0 Å². The predicted molar refractivity (Wildman–Crippen MR) is 89.2 cm³/mol. The minimum atomic E-state index is -3.71. The summed E-state index contributed by atoms with van der Waals surface area (Å²) in [5.74, 6) is -0.693. The molecular weight excluding hydrogens is 347 g/mol. The summed E-state index contributed by atoms with van der Waals surface area (Å²) < 4.78 is 43.8. The number of hydrogen-bond acceptors (Lipinski definition) is 4. The smallest absolute Gasteiger partial charge is 0.287 e. The lowest BCUT2D eigenvalue weighted by molar-refractivity contribution is 0.0874. The van der Waals surface area contributed by atoms with Crippen LogP contribution >= 0.6 is 0 Å². The molecule has 1 fully saturated rings. The van der Waals surface area contributed by atoms with Crippen molar-refractivity contribution in [2.75, 3.05) is 14.1 Å². The molecule has 25 heavy (non-hydrogen) atoms. The van der Waals surface area contributed by atoms with Gasteiger partial charge < -0.3 is 9.73 Å². The van der Waals surface area contributed by atoms with Gasteiger partial charge in [0.15, 0.2) is 5.76 Å². The number of nitrogens with one attached hydrogen (secondary N) is 1. The number of hydrogen-bond donors (Lipinski definition) is 1. The molecule has 1 aromatic carbocycles.